The van der Waals surface area contributed by atoms with Gasteiger partial charge >= 0.3 is 6.61 Å². The number of thioether (sulfide) groups is 1. The fourth-order valence-corrected chi connectivity index (χ4v) is 2.80. The summed E-state index contributed by atoms with van der Waals surface area (Å²) in [6, 6.07) is 16.0. The van der Waals surface area contributed by atoms with Crippen molar-refractivity contribution in [2.24, 2.45) is 0 Å². The molecule has 0 unspecified atom stereocenters. The summed E-state index contributed by atoms with van der Waals surface area (Å²) in [6.07, 6.45) is 0. The summed E-state index contributed by atoms with van der Waals surface area (Å²) in [4.78, 5) is 12.0. The summed E-state index contributed by atoms with van der Waals surface area (Å²) < 4.78 is 29.1. The van der Waals surface area contributed by atoms with Gasteiger partial charge in [0, 0.05) is 5.25 Å². The van der Waals surface area contributed by atoms with E-state index >= 15 is 0 Å². The third-order valence-electron chi connectivity index (χ3n) is 3.11. The molecule has 0 aliphatic carbocycles. The van der Waals surface area contributed by atoms with Gasteiger partial charge in [0.25, 0.3) is 0 Å². The van der Waals surface area contributed by atoms with Crippen molar-refractivity contribution in [1.29, 1.82) is 0 Å². The molecule has 122 valence electrons. The Balaban J connectivity index is 1.90. The van der Waals surface area contributed by atoms with E-state index < -0.39 is 6.61 Å². The first kappa shape index (κ1) is 17.3. The quantitative estimate of drug-likeness (QED) is 0.794. The number of anilines is 1. The van der Waals surface area contributed by atoms with E-state index in [2.05, 4.69) is 10.1 Å². The number of ether oxygens (including phenoxy) is 1. The minimum Gasteiger partial charge on any atom is -0.433 e. The molecule has 0 saturated heterocycles. The molecule has 0 heterocycles. The zero-order chi connectivity index (χ0) is 16.7. The molecular formula is C17H17F2NO2S. The molecule has 1 N–H and O–H groups in total. The minimum absolute atomic E-state index is 0.0445. The van der Waals surface area contributed by atoms with Crippen LogP contribution in [0.3, 0.4) is 0 Å². The van der Waals surface area contributed by atoms with Crippen LogP contribution in [0, 0.1) is 0 Å². The number of alkyl halides is 2. The molecule has 0 radical (unpaired) electrons. The number of rotatable bonds is 7. The van der Waals surface area contributed by atoms with Crippen molar-refractivity contribution in [2.75, 3.05) is 11.1 Å². The summed E-state index contributed by atoms with van der Waals surface area (Å²) in [6.45, 7) is -0.915. The Morgan fingerprint density at radius 1 is 1.13 bits per heavy atom. The smallest absolute Gasteiger partial charge is 0.387 e. The Morgan fingerprint density at radius 3 is 2.48 bits per heavy atom. The molecule has 2 rings (SSSR count). The normalized spacial score (nSPS) is 12.0. The first-order valence-electron chi connectivity index (χ1n) is 7.06. The van der Waals surface area contributed by atoms with Crippen LogP contribution in [0.15, 0.2) is 54.6 Å². The summed E-state index contributed by atoms with van der Waals surface area (Å²) in [5.41, 5.74) is 1.37. The lowest BCUT2D eigenvalue weighted by molar-refractivity contribution is -0.113. The van der Waals surface area contributed by atoms with Gasteiger partial charge in [-0.2, -0.15) is 8.78 Å². The second kappa shape index (κ2) is 8.53. The highest BCUT2D eigenvalue weighted by Gasteiger charge is 2.13. The number of benzene rings is 2. The molecule has 0 fully saturated rings. The van der Waals surface area contributed by atoms with E-state index in [9.17, 15) is 13.6 Å². The molecule has 0 saturated carbocycles. The first-order valence-corrected chi connectivity index (χ1v) is 8.11. The zero-order valence-corrected chi connectivity index (χ0v) is 13.4. The Kier molecular flexibility index (Phi) is 6.40. The molecular weight excluding hydrogens is 320 g/mol. The van der Waals surface area contributed by atoms with Gasteiger partial charge in [0.1, 0.15) is 5.75 Å². The fraction of sp³-hybridized carbons (Fsp3) is 0.235. The van der Waals surface area contributed by atoms with E-state index in [-0.39, 0.29) is 28.3 Å². The van der Waals surface area contributed by atoms with E-state index in [1.165, 1.54) is 23.9 Å². The molecule has 23 heavy (non-hydrogen) atoms. The number of nitrogens with one attached hydrogen (secondary N) is 1. The summed E-state index contributed by atoms with van der Waals surface area (Å²) in [5.74, 6) is -0.0842. The van der Waals surface area contributed by atoms with Gasteiger partial charge in [-0.1, -0.05) is 42.5 Å². The monoisotopic (exact) mass is 337 g/mol. The van der Waals surface area contributed by atoms with Gasteiger partial charge in [0.2, 0.25) is 5.91 Å². The highest BCUT2D eigenvalue weighted by atomic mass is 32.2. The van der Waals surface area contributed by atoms with Crippen LogP contribution >= 0.6 is 11.8 Å². The van der Waals surface area contributed by atoms with E-state index in [0.717, 1.165) is 5.56 Å². The van der Waals surface area contributed by atoms with Crippen LogP contribution in [0.1, 0.15) is 17.7 Å². The number of carbonyl (C=O) groups excluding carboxylic acids is 1. The highest BCUT2D eigenvalue weighted by Crippen LogP contribution is 2.29. The summed E-state index contributed by atoms with van der Waals surface area (Å²) >= 11 is 1.48. The number of hydrogen-bond acceptors (Lipinski definition) is 3. The number of amides is 1. The average molecular weight is 337 g/mol. The zero-order valence-electron chi connectivity index (χ0n) is 12.5. The van der Waals surface area contributed by atoms with Gasteiger partial charge in [-0.25, -0.2) is 0 Å². The van der Waals surface area contributed by atoms with Crippen molar-refractivity contribution in [2.45, 2.75) is 18.8 Å². The lowest BCUT2D eigenvalue weighted by Crippen LogP contribution is -2.16. The van der Waals surface area contributed by atoms with Gasteiger partial charge in [-0.05, 0) is 24.6 Å². The molecule has 6 heteroatoms. The highest BCUT2D eigenvalue weighted by molar-refractivity contribution is 8.00. The number of halogens is 2. The Morgan fingerprint density at radius 2 is 1.78 bits per heavy atom. The maximum absolute atomic E-state index is 12.3. The Labute approximate surface area is 138 Å². The van der Waals surface area contributed by atoms with E-state index in [4.69, 9.17) is 0 Å². The molecule has 2 aromatic carbocycles. The van der Waals surface area contributed by atoms with Crippen molar-refractivity contribution < 1.29 is 18.3 Å². The second-order valence-electron chi connectivity index (χ2n) is 4.79. The molecule has 0 bridgehead atoms. The topological polar surface area (TPSA) is 38.3 Å². The summed E-state index contributed by atoms with van der Waals surface area (Å²) in [7, 11) is 0. The van der Waals surface area contributed by atoms with E-state index in [1.807, 2.05) is 37.3 Å². The third-order valence-corrected chi connectivity index (χ3v) is 4.31. The summed E-state index contributed by atoms with van der Waals surface area (Å²) in [5, 5.41) is 2.77. The lowest BCUT2D eigenvalue weighted by Gasteiger charge is -2.13. The Hall–Kier alpha value is -2.08. The minimum atomic E-state index is -2.93. The van der Waals surface area contributed by atoms with Gasteiger partial charge < -0.3 is 10.1 Å². The van der Waals surface area contributed by atoms with Crippen LogP contribution in [0.2, 0.25) is 0 Å². The lowest BCUT2D eigenvalue weighted by atomic mass is 10.2. The van der Waals surface area contributed by atoms with Gasteiger partial charge in [0.15, 0.2) is 0 Å². The largest absolute Gasteiger partial charge is 0.433 e. The van der Waals surface area contributed by atoms with Crippen LogP contribution in [0.5, 0.6) is 5.75 Å². The molecule has 1 atom stereocenters. The first-order chi connectivity index (χ1) is 11.1. The number of para-hydroxylation sites is 2. The van der Waals surface area contributed by atoms with Gasteiger partial charge in [-0.15, -0.1) is 11.8 Å². The van der Waals surface area contributed by atoms with Crippen molar-refractivity contribution in [3.8, 4) is 5.75 Å². The van der Waals surface area contributed by atoms with E-state index in [1.54, 1.807) is 12.1 Å². The van der Waals surface area contributed by atoms with Crippen LogP contribution in [-0.2, 0) is 4.79 Å². The predicted octanol–water partition coefficient (Wildman–Crippen LogP) is 4.72. The van der Waals surface area contributed by atoms with Crippen LogP contribution in [0.25, 0.3) is 0 Å². The van der Waals surface area contributed by atoms with Crippen LogP contribution in [0.4, 0.5) is 14.5 Å². The number of carbonyl (C=O) groups is 1. The van der Waals surface area contributed by atoms with E-state index in [0.29, 0.717) is 0 Å². The van der Waals surface area contributed by atoms with Gasteiger partial charge in [-0.3, -0.25) is 4.79 Å². The second-order valence-corrected chi connectivity index (χ2v) is 6.12. The third kappa shape index (κ3) is 5.56. The predicted molar refractivity (Wildman–Crippen MR) is 89.0 cm³/mol. The molecule has 0 aliphatic heterocycles. The molecule has 0 spiro atoms. The van der Waals surface area contributed by atoms with Crippen molar-refractivity contribution in [3.05, 3.63) is 60.2 Å². The van der Waals surface area contributed by atoms with Crippen LogP contribution < -0.4 is 10.1 Å². The molecule has 3 nitrogen and oxygen atoms in total. The van der Waals surface area contributed by atoms with Crippen LogP contribution in [-0.4, -0.2) is 18.3 Å². The van der Waals surface area contributed by atoms with Crippen molar-refractivity contribution >= 4 is 23.4 Å². The molecule has 0 aliphatic rings. The maximum atomic E-state index is 12.3. The molecule has 0 aromatic heterocycles. The Bertz CT molecular complexity index is 638. The fourth-order valence-electron chi connectivity index (χ4n) is 1.98. The molecule has 2 aromatic rings. The van der Waals surface area contributed by atoms with Gasteiger partial charge in [0.05, 0.1) is 11.4 Å². The van der Waals surface area contributed by atoms with Crippen molar-refractivity contribution in [1.82, 2.24) is 0 Å². The molecule has 1 amide bonds. The SMILES string of the molecule is C[C@H](SCC(=O)Nc1ccccc1OC(F)F)c1ccccc1. The average Bonchev–Trinajstić information content (AvgIpc) is 2.55. The maximum Gasteiger partial charge on any atom is 0.387 e. The van der Waals surface area contributed by atoms with Crippen molar-refractivity contribution in [3.63, 3.8) is 0 Å². The number of hydrogen-bond donors (Lipinski definition) is 1. The standard InChI is InChI=1S/C17H17F2NO2S/c1-12(13-7-3-2-4-8-13)23-11-16(21)20-14-9-5-6-10-15(14)22-17(18)19/h2-10,12,17H,11H2,1H3,(H,20,21)/t12-/m0/s1.